The number of amides is 1. The van der Waals surface area contributed by atoms with E-state index in [2.05, 4.69) is 47.2 Å². The van der Waals surface area contributed by atoms with Gasteiger partial charge in [0.25, 0.3) is 5.91 Å². The molecule has 0 aromatic heterocycles. The van der Waals surface area contributed by atoms with Gasteiger partial charge in [-0.2, -0.15) is 0 Å². The molecule has 2 heterocycles. The third-order valence-corrected chi connectivity index (χ3v) is 6.79. The molecule has 2 saturated heterocycles. The number of thioether (sulfide) groups is 1. The molecule has 0 aliphatic carbocycles. The summed E-state index contributed by atoms with van der Waals surface area (Å²) in [5.41, 5.74) is 3.23. The van der Waals surface area contributed by atoms with Crippen LogP contribution in [0.5, 0.6) is 0 Å². The molecule has 2 aromatic carbocycles. The van der Waals surface area contributed by atoms with Gasteiger partial charge in [0.1, 0.15) is 0 Å². The van der Waals surface area contributed by atoms with Crippen LogP contribution in [0.3, 0.4) is 0 Å². The molecule has 2 aliphatic heterocycles. The van der Waals surface area contributed by atoms with Gasteiger partial charge in [-0.3, -0.25) is 4.79 Å². The minimum atomic E-state index is 0.0722. The van der Waals surface area contributed by atoms with Crippen molar-refractivity contribution in [1.29, 1.82) is 0 Å². The van der Waals surface area contributed by atoms with Crippen molar-refractivity contribution in [2.45, 2.75) is 6.42 Å². The second kappa shape index (κ2) is 9.24. The fourth-order valence-corrected chi connectivity index (χ4v) is 4.82. The van der Waals surface area contributed by atoms with E-state index in [1.54, 1.807) is 11.8 Å². The first kappa shape index (κ1) is 20.3. The Morgan fingerprint density at radius 1 is 0.966 bits per heavy atom. The van der Waals surface area contributed by atoms with Crippen LogP contribution in [-0.4, -0.2) is 56.3 Å². The van der Waals surface area contributed by atoms with Crippen molar-refractivity contribution in [2.75, 3.05) is 55.3 Å². The zero-order chi connectivity index (χ0) is 20.2. The lowest BCUT2D eigenvalue weighted by molar-refractivity contribution is -0.114. The van der Waals surface area contributed by atoms with Crippen LogP contribution in [-0.2, 0) is 4.79 Å². The Balaban J connectivity index is 1.63. The van der Waals surface area contributed by atoms with Gasteiger partial charge in [-0.05, 0) is 61.2 Å². The highest BCUT2D eigenvalue weighted by molar-refractivity contribution is 8.04. The largest absolute Gasteiger partial charge is 0.368 e. The van der Waals surface area contributed by atoms with Crippen LogP contribution < -0.4 is 9.80 Å². The summed E-state index contributed by atoms with van der Waals surface area (Å²) in [5, 5.41) is 0.683. The number of carbonyl (C=O) groups is 1. The number of likely N-dealkylation sites (N-methyl/N-ethyl adjacent to an activating group) is 1. The smallest absolute Gasteiger partial charge is 0.264 e. The van der Waals surface area contributed by atoms with E-state index in [1.807, 2.05) is 29.2 Å². The highest BCUT2D eigenvalue weighted by Gasteiger charge is 2.24. The minimum absolute atomic E-state index is 0.0722. The average Bonchev–Trinajstić information content (AvgIpc) is 2.92. The van der Waals surface area contributed by atoms with Crippen LogP contribution in [0.25, 0.3) is 6.08 Å². The maximum Gasteiger partial charge on any atom is 0.264 e. The molecule has 0 radical (unpaired) electrons. The number of anilines is 2. The monoisotopic (exact) mass is 427 g/mol. The molecule has 0 bridgehead atoms. The summed E-state index contributed by atoms with van der Waals surface area (Å²) in [6.45, 7) is 4.86. The van der Waals surface area contributed by atoms with Gasteiger partial charge < -0.3 is 14.7 Å². The van der Waals surface area contributed by atoms with Gasteiger partial charge >= 0.3 is 0 Å². The molecular weight excluding hydrogens is 402 g/mol. The van der Waals surface area contributed by atoms with Crippen LogP contribution in [0.4, 0.5) is 11.4 Å². The van der Waals surface area contributed by atoms with Crippen molar-refractivity contribution in [2.24, 2.45) is 0 Å². The average molecular weight is 428 g/mol. The lowest BCUT2D eigenvalue weighted by Crippen LogP contribution is -2.44. The standard InChI is InChI=1S/C23H26ClN3OS/c1-25-12-14-26(15-13-25)21-6-3-2-5-18(21)17-22-23(28)27(11-4-16-29-22)20-9-7-19(24)8-10-20/h2-3,5-10,17H,4,11-16H2,1H3/b22-17+. The van der Waals surface area contributed by atoms with Gasteiger partial charge in [-0.25, -0.2) is 0 Å². The van der Waals surface area contributed by atoms with Gasteiger partial charge in [0.05, 0.1) is 4.91 Å². The second-order valence-electron chi connectivity index (χ2n) is 7.49. The van der Waals surface area contributed by atoms with Crippen LogP contribution >= 0.6 is 23.4 Å². The molecule has 0 spiro atoms. The molecule has 6 heteroatoms. The molecular formula is C23H26ClN3OS. The van der Waals surface area contributed by atoms with E-state index >= 15 is 0 Å². The Kier molecular flexibility index (Phi) is 6.48. The highest BCUT2D eigenvalue weighted by atomic mass is 35.5. The number of hydrogen-bond acceptors (Lipinski definition) is 4. The molecule has 4 rings (SSSR count). The first-order chi connectivity index (χ1) is 14.1. The Morgan fingerprint density at radius 3 is 2.45 bits per heavy atom. The normalized spacial score (nSPS) is 20.2. The number of carbonyl (C=O) groups excluding carboxylic acids is 1. The molecule has 152 valence electrons. The number of para-hydroxylation sites is 1. The van der Waals surface area contributed by atoms with E-state index in [0.29, 0.717) is 5.02 Å². The van der Waals surface area contributed by atoms with Gasteiger partial charge in [0.15, 0.2) is 0 Å². The maximum absolute atomic E-state index is 13.3. The van der Waals surface area contributed by atoms with Gasteiger partial charge in [0.2, 0.25) is 0 Å². The zero-order valence-corrected chi connectivity index (χ0v) is 18.3. The molecule has 0 atom stereocenters. The number of rotatable bonds is 3. The number of piperazine rings is 1. The molecule has 2 fully saturated rings. The molecule has 0 unspecified atom stereocenters. The van der Waals surface area contributed by atoms with Crippen LogP contribution in [0.2, 0.25) is 5.02 Å². The van der Waals surface area contributed by atoms with Crippen molar-refractivity contribution < 1.29 is 4.79 Å². The third-order valence-electron chi connectivity index (χ3n) is 5.45. The summed E-state index contributed by atoms with van der Waals surface area (Å²) in [6.07, 6.45) is 3.05. The van der Waals surface area contributed by atoms with Crippen molar-refractivity contribution >= 4 is 46.7 Å². The van der Waals surface area contributed by atoms with E-state index in [9.17, 15) is 4.79 Å². The summed E-state index contributed by atoms with van der Waals surface area (Å²) in [5.74, 6) is 1.02. The quantitative estimate of drug-likeness (QED) is 0.668. The summed E-state index contributed by atoms with van der Waals surface area (Å²) in [4.78, 5) is 20.8. The fourth-order valence-electron chi connectivity index (χ4n) is 3.76. The number of nitrogens with zero attached hydrogens (tertiary/aromatic N) is 3. The van der Waals surface area contributed by atoms with Crippen LogP contribution in [0.1, 0.15) is 12.0 Å². The molecule has 0 saturated carbocycles. The second-order valence-corrected chi connectivity index (χ2v) is 9.07. The van der Waals surface area contributed by atoms with E-state index in [1.165, 1.54) is 5.69 Å². The Morgan fingerprint density at radius 2 is 1.69 bits per heavy atom. The lowest BCUT2D eigenvalue weighted by Gasteiger charge is -2.35. The number of hydrogen-bond donors (Lipinski definition) is 0. The van der Waals surface area contributed by atoms with E-state index < -0.39 is 0 Å². The van der Waals surface area contributed by atoms with E-state index in [-0.39, 0.29) is 5.91 Å². The Labute approximate surface area is 182 Å². The Hall–Kier alpha value is -1.95. The number of halogens is 1. The van der Waals surface area contributed by atoms with E-state index in [0.717, 1.165) is 61.1 Å². The van der Waals surface area contributed by atoms with Gasteiger partial charge in [0, 0.05) is 49.1 Å². The third kappa shape index (κ3) is 4.80. The summed E-state index contributed by atoms with van der Waals surface area (Å²) < 4.78 is 0. The topological polar surface area (TPSA) is 26.8 Å². The SMILES string of the molecule is CN1CCN(c2ccccc2/C=C2/SCCCN(c3ccc(Cl)cc3)C2=O)CC1. The predicted molar refractivity (Wildman–Crippen MR) is 125 cm³/mol. The van der Waals surface area contributed by atoms with Crippen LogP contribution in [0.15, 0.2) is 53.4 Å². The van der Waals surface area contributed by atoms with Gasteiger partial charge in [-0.1, -0.05) is 29.8 Å². The molecule has 2 aliphatic rings. The summed E-state index contributed by atoms with van der Waals surface area (Å²) in [6, 6.07) is 15.9. The Bertz CT molecular complexity index is 891. The fraction of sp³-hybridized carbons (Fsp3) is 0.348. The van der Waals surface area contributed by atoms with Gasteiger partial charge in [-0.15, -0.1) is 11.8 Å². The maximum atomic E-state index is 13.3. The molecule has 0 N–H and O–H groups in total. The van der Waals surface area contributed by atoms with Crippen molar-refractivity contribution in [3.05, 3.63) is 64.0 Å². The summed E-state index contributed by atoms with van der Waals surface area (Å²) >= 11 is 7.69. The predicted octanol–water partition coefficient (Wildman–Crippen LogP) is 4.60. The minimum Gasteiger partial charge on any atom is -0.368 e. The lowest BCUT2D eigenvalue weighted by atomic mass is 10.1. The van der Waals surface area contributed by atoms with Crippen molar-refractivity contribution in [3.63, 3.8) is 0 Å². The van der Waals surface area contributed by atoms with Crippen LogP contribution in [0, 0.1) is 0 Å². The highest BCUT2D eigenvalue weighted by Crippen LogP contribution is 2.32. The molecule has 29 heavy (non-hydrogen) atoms. The molecule has 4 nitrogen and oxygen atoms in total. The first-order valence-electron chi connectivity index (χ1n) is 10.1. The van der Waals surface area contributed by atoms with Crippen molar-refractivity contribution in [1.82, 2.24) is 4.90 Å². The zero-order valence-electron chi connectivity index (χ0n) is 16.7. The molecule has 2 aromatic rings. The first-order valence-corrected chi connectivity index (χ1v) is 11.4. The van der Waals surface area contributed by atoms with Crippen molar-refractivity contribution in [3.8, 4) is 0 Å². The summed E-state index contributed by atoms with van der Waals surface area (Å²) in [7, 11) is 2.16. The molecule has 1 amide bonds. The number of benzene rings is 2. The van der Waals surface area contributed by atoms with E-state index in [4.69, 9.17) is 11.6 Å².